The van der Waals surface area contributed by atoms with E-state index in [4.69, 9.17) is 5.73 Å². The summed E-state index contributed by atoms with van der Waals surface area (Å²) in [7, 11) is 4.15. The largest absolute Gasteiger partial charge is 0 e. The fraction of sp³-hybridized carbons (Fsp3) is 0.462. The van der Waals surface area contributed by atoms with Crippen molar-refractivity contribution < 1.29 is 19.4 Å². The Kier molecular flexibility index (Phi) is 8.78. The molecule has 0 amide bonds. The molecule has 0 aromatic heterocycles. The summed E-state index contributed by atoms with van der Waals surface area (Å²) in [6, 6.07) is 0. The normalized spacial score (nSPS) is 10.1. The van der Waals surface area contributed by atoms with E-state index in [0.29, 0.717) is 0 Å². The molecule has 0 fully saturated rings. The second-order valence-corrected chi connectivity index (χ2v) is 5.88. The van der Waals surface area contributed by atoms with Crippen molar-refractivity contribution in [2.45, 2.75) is 27.7 Å². The van der Waals surface area contributed by atoms with Gasteiger partial charge in [0.2, 0.25) is 0 Å². The van der Waals surface area contributed by atoms with Gasteiger partial charge in [0.05, 0.1) is 0 Å². The van der Waals surface area contributed by atoms with E-state index in [2.05, 4.69) is 83.9 Å². The number of nitrogens with zero attached hydrogens (tertiary/aromatic N) is 1. The molecule has 0 unspecified atom stereocenters. The van der Waals surface area contributed by atoms with Crippen LogP contribution in [0, 0.1) is 27.7 Å². The third kappa shape index (κ3) is 4.00. The van der Waals surface area contributed by atoms with Crippen molar-refractivity contribution in [3.8, 4) is 0 Å². The van der Waals surface area contributed by atoms with Crippen LogP contribution < -0.4 is 5.73 Å². The van der Waals surface area contributed by atoms with Crippen molar-refractivity contribution in [3.63, 3.8) is 0 Å². The molecular weight excluding hydrogens is 622 g/mol. The summed E-state index contributed by atoms with van der Waals surface area (Å²) in [6.07, 6.45) is 0. The Bertz CT molecular complexity index is 428. The van der Waals surface area contributed by atoms with Gasteiger partial charge < -0.3 is 0 Å². The van der Waals surface area contributed by atoms with Crippen molar-refractivity contribution >= 4 is 46.9 Å². The van der Waals surface area contributed by atoms with Gasteiger partial charge in [-0.25, -0.2) is 0 Å². The van der Waals surface area contributed by atoms with Gasteiger partial charge in [0.1, 0.15) is 0 Å². The first-order valence-electron chi connectivity index (χ1n) is 5.50. The first-order valence-corrected chi connectivity index (χ1v) is 13.3. The quantitative estimate of drug-likeness (QED) is 0.393. The van der Waals surface area contributed by atoms with E-state index in [1.165, 1.54) is 51.2 Å². The minimum atomic E-state index is 0.944. The van der Waals surface area contributed by atoms with Crippen molar-refractivity contribution in [2.24, 2.45) is 0 Å². The summed E-state index contributed by atoms with van der Waals surface area (Å²) in [5.41, 5.74) is 13.7. The van der Waals surface area contributed by atoms with Crippen LogP contribution in [0.1, 0.15) is 27.8 Å². The average molecular weight is 642 g/mol. The number of nitrogen functional groups attached to an aromatic ring is 1. The second-order valence-electron chi connectivity index (χ2n) is 4.49. The van der Waals surface area contributed by atoms with E-state index in [-0.39, 0.29) is 0 Å². The van der Waals surface area contributed by atoms with Crippen molar-refractivity contribution in [2.75, 3.05) is 19.8 Å². The third-order valence-corrected chi connectivity index (χ3v) is 5.40. The Hall–Kier alpha value is 0.998. The van der Waals surface area contributed by atoms with Gasteiger partial charge in [0, 0.05) is 37.2 Å². The molecule has 2 nitrogen and oxygen atoms in total. The topological polar surface area (TPSA) is 29.3 Å². The van der Waals surface area contributed by atoms with Gasteiger partial charge in [-0.3, -0.25) is 0 Å². The van der Waals surface area contributed by atoms with E-state index in [1.54, 1.807) is 0 Å². The molecule has 0 atom stereocenters. The summed E-state index contributed by atoms with van der Waals surface area (Å²) in [5, 5.41) is 0. The number of benzene rings is 1. The number of halogens is 2. The van der Waals surface area contributed by atoms with Crippen LogP contribution in [0.2, 0.25) is 0 Å². The van der Waals surface area contributed by atoms with Gasteiger partial charge in [0.25, 0.3) is 0 Å². The van der Waals surface area contributed by atoms with E-state index in [9.17, 15) is 0 Å². The van der Waals surface area contributed by atoms with Gasteiger partial charge >= 0.3 is 109 Å². The Labute approximate surface area is 145 Å². The SMILES string of the molecule is Cc1c(C)c(C)c([C](=[W])N(C)C)c(N)c1C.II. The van der Waals surface area contributed by atoms with E-state index >= 15 is 0 Å². The summed E-state index contributed by atoms with van der Waals surface area (Å²) >= 11 is 5.70. The zero-order chi connectivity index (χ0) is 14.6. The maximum absolute atomic E-state index is 6.26. The zero-order valence-electron chi connectivity index (χ0n) is 11.7. The molecule has 0 heterocycles. The minimum Gasteiger partial charge on any atom is 0 e. The first kappa shape index (κ1) is 19.0. The molecule has 1 rings (SSSR count). The van der Waals surface area contributed by atoms with Crippen LogP contribution in [-0.4, -0.2) is 23.0 Å². The van der Waals surface area contributed by atoms with E-state index in [1.807, 2.05) is 0 Å². The van der Waals surface area contributed by atoms with Crippen LogP contribution >= 0.6 is 37.2 Å². The van der Waals surface area contributed by atoms with Gasteiger partial charge in [0.15, 0.2) is 0 Å². The van der Waals surface area contributed by atoms with Crippen LogP contribution in [0.4, 0.5) is 5.69 Å². The standard InChI is InChI=1S/C13H20N2.I2.W/c1-8-9(2)11(4)13(14)12(10(8)3)7-15(5)6;1-2;/h14H2,1-6H3;;. The molecule has 0 aliphatic rings. The molecule has 5 heteroatoms. The maximum atomic E-state index is 6.26. The summed E-state index contributed by atoms with van der Waals surface area (Å²) < 4.78 is 1.31. The molecule has 1 aromatic rings. The molecular formula is C13H20I2N2W. The summed E-state index contributed by atoms with van der Waals surface area (Å²) in [4.78, 5) is 2.15. The van der Waals surface area contributed by atoms with Crippen molar-refractivity contribution in [3.05, 3.63) is 27.8 Å². The van der Waals surface area contributed by atoms with Gasteiger partial charge in [-0.2, -0.15) is 0 Å². The van der Waals surface area contributed by atoms with Gasteiger partial charge in [-0.1, -0.05) is 0 Å². The molecule has 18 heavy (non-hydrogen) atoms. The molecule has 0 aliphatic heterocycles. The number of nitrogens with two attached hydrogens (primary N) is 1. The predicted octanol–water partition coefficient (Wildman–Crippen LogP) is 3.86. The second kappa shape index (κ2) is 8.32. The molecule has 0 radical (unpaired) electrons. The Morgan fingerprint density at radius 1 is 0.944 bits per heavy atom. The molecule has 0 bridgehead atoms. The van der Waals surface area contributed by atoms with Crippen LogP contribution in [0.15, 0.2) is 0 Å². The minimum absolute atomic E-state index is 0.944. The predicted molar refractivity (Wildman–Crippen MR) is 95.6 cm³/mol. The average Bonchev–Trinajstić information content (AvgIpc) is 2.36. The molecule has 2 N–H and O–H groups in total. The molecule has 0 aliphatic carbocycles. The summed E-state index contributed by atoms with van der Waals surface area (Å²) in [5.74, 6) is 0. The number of anilines is 1. The van der Waals surface area contributed by atoms with Gasteiger partial charge in [-0.05, 0) is 0 Å². The third-order valence-electron chi connectivity index (χ3n) is 3.36. The van der Waals surface area contributed by atoms with Crippen LogP contribution in [0.25, 0.3) is 0 Å². The van der Waals surface area contributed by atoms with Crippen LogP contribution in [-0.2, 0) is 19.4 Å². The number of rotatable bonds is 2. The number of hydrogen-bond donors (Lipinski definition) is 1. The Morgan fingerprint density at radius 2 is 1.33 bits per heavy atom. The van der Waals surface area contributed by atoms with Gasteiger partial charge in [-0.15, -0.1) is 0 Å². The molecule has 102 valence electrons. The Morgan fingerprint density at radius 3 is 1.72 bits per heavy atom. The van der Waals surface area contributed by atoms with E-state index < -0.39 is 0 Å². The maximum Gasteiger partial charge on any atom is 0 e. The summed E-state index contributed by atoms with van der Waals surface area (Å²) in [6.45, 7) is 8.60. The first-order chi connectivity index (χ1) is 8.29. The van der Waals surface area contributed by atoms with Crippen LogP contribution in [0.3, 0.4) is 0 Å². The van der Waals surface area contributed by atoms with E-state index in [0.717, 1.165) is 5.69 Å². The monoisotopic (exact) mass is 642 g/mol. The molecule has 0 saturated heterocycles. The van der Waals surface area contributed by atoms with Crippen molar-refractivity contribution in [1.82, 2.24) is 4.90 Å². The molecule has 0 saturated carbocycles. The molecule has 0 spiro atoms. The Balaban J connectivity index is 0.00000137. The smallest absolute Gasteiger partial charge is 0 e. The zero-order valence-corrected chi connectivity index (χ0v) is 18.9. The fourth-order valence-electron chi connectivity index (χ4n) is 1.84. The number of hydrogen-bond acceptors (Lipinski definition) is 2. The molecule has 1 aromatic carbocycles. The fourth-order valence-corrected chi connectivity index (χ4v) is 2.79. The van der Waals surface area contributed by atoms with Crippen molar-refractivity contribution in [1.29, 1.82) is 0 Å². The van der Waals surface area contributed by atoms with Crippen LogP contribution in [0.5, 0.6) is 0 Å².